The highest BCUT2D eigenvalue weighted by Crippen LogP contribution is 2.24. The third-order valence-corrected chi connectivity index (χ3v) is 3.96. The molecule has 0 aliphatic carbocycles. The van der Waals surface area contributed by atoms with Gasteiger partial charge in [0.05, 0.1) is 11.6 Å². The molecular formula is C16H20N4S. The van der Waals surface area contributed by atoms with Crippen LogP contribution in [0.25, 0.3) is 10.6 Å². The van der Waals surface area contributed by atoms with Gasteiger partial charge in [0.2, 0.25) is 0 Å². The molecule has 0 bridgehead atoms. The number of rotatable bonds is 5. The maximum atomic E-state index is 8.93. The SMILES string of the molecule is CC(C)(C)NCCCc1nnc(-c2cccc(C#N)c2)s1. The molecule has 0 aliphatic rings. The summed E-state index contributed by atoms with van der Waals surface area (Å²) in [5.41, 5.74) is 1.77. The molecule has 5 heteroatoms. The lowest BCUT2D eigenvalue weighted by molar-refractivity contribution is 0.422. The molecule has 0 atom stereocenters. The average Bonchev–Trinajstić information content (AvgIpc) is 2.91. The van der Waals surface area contributed by atoms with Crippen LogP contribution in [0.3, 0.4) is 0 Å². The first-order chi connectivity index (χ1) is 9.98. The van der Waals surface area contributed by atoms with Crippen molar-refractivity contribution in [1.82, 2.24) is 15.5 Å². The van der Waals surface area contributed by atoms with Crippen molar-refractivity contribution in [2.75, 3.05) is 6.54 Å². The molecule has 1 aromatic carbocycles. The topological polar surface area (TPSA) is 61.6 Å². The van der Waals surface area contributed by atoms with Crippen molar-refractivity contribution in [3.05, 3.63) is 34.8 Å². The Hall–Kier alpha value is -1.77. The molecule has 1 aromatic heterocycles. The van der Waals surface area contributed by atoms with E-state index in [1.54, 1.807) is 17.4 Å². The lowest BCUT2D eigenvalue weighted by Gasteiger charge is -2.20. The lowest BCUT2D eigenvalue weighted by atomic mass is 10.1. The van der Waals surface area contributed by atoms with E-state index in [1.807, 2.05) is 18.2 Å². The van der Waals surface area contributed by atoms with Crippen molar-refractivity contribution in [2.45, 2.75) is 39.2 Å². The van der Waals surface area contributed by atoms with Crippen LogP contribution >= 0.6 is 11.3 Å². The minimum Gasteiger partial charge on any atom is -0.312 e. The molecule has 2 aromatic rings. The molecular weight excluding hydrogens is 280 g/mol. The molecule has 0 fully saturated rings. The summed E-state index contributed by atoms with van der Waals surface area (Å²) in [4.78, 5) is 0. The molecule has 1 N–H and O–H groups in total. The molecule has 0 amide bonds. The summed E-state index contributed by atoms with van der Waals surface area (Å²) >= 11 is 1.60. The fourth-order valence-electron chi connectivity index (χ4n) is 1.90. The van der Waals surface area contributed by atoms with Crippen LogP contribution in [0.1, 0.15) is 37.8 Å². The van der Waals surface area contributed by atoms with Gasteiger partial charge in [-0.2, -0.15) is 5.26 Å². The van der Waals surface area contributed by atoms with Crippen LogP contribution in [0.5, 0.6) is 0 Å². The van der Waals surface area contributed by atoms with Gasteiger partial charge in [-0.05, 0) is 45.9 Å². The van der Waals surface area contributed by atoms with Crippen molar-refractivity contribution in [1.29, 1.82) is 5.26 Å². The minimum atomic E-state index is 0.157. The van der Waals surface area contributed by atoms with E-state index in [4.69, 9.17) is 5.26 Å². The molecule has 21 heavy (non-hydrogen) atoms. The molecule has 0 unspecified atom stereocenters. The van der Waals surface area contributed by atoms with E-state index in [2.05, 4.69) is 42.4 Å². The normalized spacial score (nSPS) is 11.3. The number of benzene rings is 1. The number of nitrogens with one attached hydrogen (secondary N) is 1. The van der Waals surface area contributed by atoms with Crippen molar-refractivity contribution in [3.8, 4) is 16.6 Å². The lowest BCUT2D eigenvalue weighted by Crippen LogP contribution is -2.36. The van der Waals surface area contributed by atoms with Crippen molar-refractivity contribution in [3.63, 3.8) is 0 Å². The van der Waals surface area contributed by atoms with Crippen LogP contribution in [0, 0.1) is 11.3 Å². The highest BCUT2D eigenvalue weighted by atomic mass is 32.1. The predicted molar refractivity (Wildman–Crippen MR) is 86.1 cm³/mol. The highest BCUT2D eigenvalue weighted by Gasteiger charge is 2.09. The summed E-state index contributed by atoms with van der Waals surface area (Å²) < 4.78 is 0. The van der Waals surface area contributed by atoms with Crippen LogP contribution in [0.4, 0.5) is 0 Å². The van der Waals surface area contributed by atoms with E-state index in [1.165, 1.54) is 0 Å². The first kappa shape index (κ1) is 15.6. The number of nitriles is 1. The highest BCUT2D eigenvalue weighted by molar-refractivity contribution is 7.14. The Labute approximate surface area is 129 Å². The van der Waals surface area contributed by atoms with Crippen molar-refractivity contribution in [2.24, 2.45) is 0 Å². The van der Waals surface area contributed by atoms with Crippen molar-refractivity contribution >= 4 is 11.3 Å². The largest absolute Gasteiger partial charge is 0.312 e. The Kier molecular flexibility index (Phi) is 5.05. The molecule has 4 nitrogen and oxygen atoms in total. The fourth-order valence-corrected chi connectivity index (χ4v) is 2.77. The van der Waals surface area contributed by atoms with Gasteiger partial charge in [-0.1, -0.05) is 23.5 Å². The maximum Gasteiger partial charge on any atom is 0.147 e. The number of hydrogen-bond donors (Lipinski definition) is 1. The van der Waals surface area contributed by atoms with E-state index in [0.717, 1.165) is 35.0 Å². The zero-order valence-electron chi connectivity index (χ0n) is 12.7. The third-order valence-electron chi connectivity index (χ3n) is 2.93. The van der Waals surface area contributed by atoms with Crippen LogP contribution in [0.2, 0.25) is 0 Å². The smallest absolute Gasteiger partial charge is 0.147 e. The Morgan fingerprint density at radius 1 is 1.29 bits per heavy atom. The molecule has 2 rings (SSSR count). The quantitative estimate of drug-likeness (QED) is 0.860. The summed E-state index contributed by atoms with van der Waals surface area (Å²) in [6, 6.07) is 9.64. The average molecular weight is 300 g/mol. The Morgan fingerprint density at radius 3 is 2.81 bits per heavy atom. The molecule has 0 aliphatic heterocycles. The Balaban J connectivity index is 1.94. The minimum absolute atomic E-state index is 0.157. The monoisotopic (exact) mass is 300 g/mol. The molecule has 110 valence electrons. The zero-order valence-corrected chi connectivity index (χ0v) is 13.5. The van der Waals surface area contributed by atoms with Gasteiger partial charge in [-0.15, -0.1) is 10.2 Å². The van der Waals surface area contributed by atoms with Crippen LogP contribution in [-0.2, 0) is 6.42 Å². The van der Waals surface area contributed by atoms with Gasteiger partial charge in [-0.3, -0.25) is 0 Å². The number of aryl methyl sites for hydroxylation is 1. The zero-order chi connectivity index (χ0) is 15.3. The second-order valence-corrected chi connectivity index (χ2v) is 7.04. The summed E-state index contributed by atoms with van der Waals surface area (Å²) in [6.45, 7) is 7.47. The second kappa shape index (κ2) is 6.79. The van der Waals surface area contributed by atoms with Crippen LogP contribution in [0.15, 0.2) is 24.3 Å². The van der Waals surface area contributed by atoms with Gasteiger partial charge in [0.1, 0.15) is 10.0 Å². The third kappa shape index (κ3) is 4.92. The second-order valence-electron chi connectivity index (χ2n) is 5.97. The molecule has 0 saturated carbocycles. The van der Waals surface area contributed by atoms with Gasteiger partial charge in [-0.25, -0.2) is 0 Å². The first-order valence-corrected chi connectivity index (χ1v) is 7.87. The van der Waals surface area contributed by atoms with E-state index in [9.17, 15) is 0 Å². The number of nitrogens with zero attached hydrogens (tertiary/aromatic N) is 3. The van der Waals surface area contributed by atoms with Gasteiger partial charge in [0, 0.05) is 17.5 Å². The van der Waals surface area contributed by atoms with Gasteiger partial charge in [0.25, 0.3) is 0 Å². The van der Waals surface area contributed by atoms with E-state index >= 15 is 0 Å². The summed E-state index contributed by atoms with van der Waals surface area (Å²) in [5.74, 6) is 0. The summed E-state index contributed by atoms with van der Waals surface area (Å²) in [5, 5.41) is 22.8. The van der Waals surface area contributed by atoms with Gasteiger partial charge >= 0.3 is 0 Å². The van der Waals surface area contributed by atoms with Crippen molar-refractivity contribution < 1.29 is 0 Å². The molecule has 1 heterocycles. The Bertz CT molecular complexity index is 634. The number of hydrogen-bond acceptors (Lipinski definition) is 5. The van der Waals surface area contributed by atoms with E-state index in [0.29, 0.717) is 5.56 Å². The van der Waals surface area contributed by atoms with E-state index < -0.39 is 0 Å². The summed E-state index contributed by atoms with van der Waals surface area (Å²) in [6.07, 6.45) is 1.98. The first-order valence-electron chi connectivity index (χ1n) is 7.06. The summed E-state index contributed by atoms with van der Waals surface area (Å²) in [7, 11) is 0. The molecule has 0 radical (unpaired) electrons. The van der Waals surface area contributed by atoms with Crippen LogP contribution in [-0.4, -0.2) is 22.3 Å². The Morgan fingerprint density at radius 2 is 2.10 bits per heavy atom. The van der Waals surface area contributed by atoms with Gasteiger partial charge < -0.3 is 5.32 Å². The standard InChI is InChI=1S/C16H20N4S/c1-16(2,3)18-9-5-8-14-19-20-15(21-14)13-7-4-6-12(10-13)11-17/h4,6-7,10,18H,5,8-9H2,1-3H3. The maximum absolute atomic E-state index is 8.93. The van der Waals surface area contributed by atoms with Crippen LogP contribution < -0.4 is 5.32 Å². The number of aromatic nitrogens is 2. The molecule has 0 saturated heterocycles. The predicted octanol–water partition coefficient (Wildman–Crippen LogP) is 3.40. The van der Waals surface area contributed by atoms with E-state index in [-0.39, 0.29) is 5.54 Å². The fraction of sp³-hybridized carbons (Fsp3) is 0.438. The van der Waals surface area contributed by atoms with Gasteiger partial charge in [0.15, 0.2) is 0 Å². The molecule has 0 spiro atoms.